The molecule has 154 valence electrons. The number of nitrogens with zero attached hydrogens (tertiary/aromatic N) is 2. The van der Waals surface area contributed by atoms with Crippen LogP contribution in [0.3, 0.4) is 0 Å². The van der Waals surface area contributed by atoms with Crippen LogP contribution in [0.2, 0.25) is 0 Å². The number of alkyl halides is 3. The summed E-state index contributed by atoms with van der Waals surface area (Å²) < 4.78 is 52.6. The van der Waals surface area contributed by atoms with Crippen LogP contribution < -0.4 is 5.32 Å². The Hall–Kier alpha value is -3.07. The van der Waals surface area contributed by atoms with Crippen molar-refractivity contribution in [2.75, 3.05) is 5.32 Å². The molecule has 30 heavy (non-hydrogen) atoms. The first kappa shape index (κ1) is 20.2. The maximum absolute atomic E-state index is 14.2. The summed E-state index contributed by atoms with van der Waals surface area (Å²) in [5, 5.41) is 3.05. The van der Waals surface area contributed by atoms with Gasteiger partial charge in [-0.15, -0.1) is 11.8 Å². The highest BCUT2D eigenvalue weighted by Gasteiger charge is 2.32. The first-order valence-electron chi connectivity index (χ1n) is 8.96. The number of benzene rings is 2. The number of aryl methyl sites for hydroxylation is 1. The van der Waals surface area contributed by atoms with Gasteiger partial charge >= 0.3 is 6.18 Å². The number of anilines is 2. The fourth-order valence-corrected chi connectivity index (χ4v) is 3.70. The molecular formula is C21H16F4N4S. The molecule has 4 rings (SSSR count). The fourth-order valence-electron chi connectivity index (χ4n) is 2.91. The number of rotatable bonds is 5. The monoisotopic (exact) mass is 432 g/mol. The number of hydrogen-bond donors (Lipinski definition) is 2. The molecule has 0 saturated carbocycles. The smallest absolute Gasteiger partial charge is 0.353 e. The van der Waals surface area contributed by atoms with Gasteiger partial charge in [0.2, 0.25) is 0 Å². The summed E-state index contributed by atoms with van der Waals surface area (Å²) in [6, 6.07) is 13.1. The molecule has 0 fully saturated rings. The van der Waals surface area contributed by atoms with E-state index in [0.29, 0.717) is 38.9 Å². The minimum Gasteiger partial charge on any atom is -0.353 e. The summed E-state index contributed by atoms with van der Waals surface area (Å²) in [4.78, 5) is 11.5. The summed E-state index contributed by atoms with van der Waals surface area (Å²) in [6.07, 6.45) is -3.33. The Morgan fingerprint density at radius 2 is 1.93 bits per heavy atom. The molecule has 2 aromatic heterocycles. The number of thioether (sulfide) groups is 1. The highest BCUT2D eigenvalue weighted by Crippen LogP contribution is 2.31. The highest BCUT2D eigenvalue weighted by atomic mass is 32.2. The second-order valence-electron chi connectivity index (χ2n) is 6.64. The van der Waals surface area contributed by atoms with E-state index in [1.54, 1.807) is 37.3 Å². The largest absolute Gasteiger partial charge is 0.433 e. The molecule has 2 N–H and O–H groups in total. The topological polar surface area (TPSA) is 53.6 Å². The van der Waals surface area contributed by atoms with Gasteiger partial charge in [-0.3, -0.25) is 4.98 Å². The zero-order valence-electron chi connectivity index (χ0n) is 15.7. The van der Waals surface area contributed by atoms with E-state index in [9.17, 15) is 17.6 Å². The predicted molar refractivity (Wildman–Crippen MR) is 109 cm³/mol. The Kier molecular flexibility index (Phi) is 5.38. The zero-order valence-corrected chi connectivity index (χ0v) is 16.5. The van der Waals surface area contributed by atoms with Crippen LogP contribution in [0.25, 0.3) is 11.0 Å². The van der Waals surface area contributed by atoms with E-state index >= 15 is 0 Å². The standard InChI is InChI=1S/C21H16F4N4S/c1-12-3-2-4-16(20(12)22)27-13-5-6-15-17(9-13)29-19(28-15)11-30-14-7-8-26-18(10-14)21(23,24)25/h2-10,27H,11H2,1H3,(H,28,29). The van der Waals surface area contributed by atoms with Crippen molar-refractivity contribution in [3.8, 4) is 0 Å². The third kappa shape index (κ3) is 4.40. The molecule has 9 heteroatoms. The Morgan fingerprint density at radius 3 is 2.73 bits per heavy atom. The van der Waals surface area contributed by atoms with Crippen LogP contribution in [0, 0.1) is 12.7 Å². The molecule has 0 atom stereocenters. The van der Waals surface area contributed by atoms with Crippen molar-refractivity contribution in [3.05, 3.63) is 77.6 Å². The summed E-state index contributed by atoms with van der Waals surface area (Å²) in [5.74, 6) is 0.678. The lowest BCUT2D eigenvalue weighted by atomic mass is 10.2. The van der Waals surface area contributed by atoms with Crippen LogP contribution in [-0.2, 0) is 11.9 Å². The van der Waals surface area contributed by atoms with Gasteiger partial charge in [-0.25, -0.2) is 9.37 Å². The molecule has 4 nitrogen and oxygen atoms in total. The first-order chi connectivity index (χ1) is 14.3. The number of pyridine rings is 1. The van der Waals surface area contributed by atoms with Crippen molar-refractivity contribution in [3.63, 3.8) is 0 Å². The Balaban J connectivity index is 1.50. The molecule has 0 amide bonds. The molecule has 0 unspecified atom stereocenters. The zero-order chi connectivity index (χ0) is 21.3. The van der Waals surface area contributed by atoms with E-state index in [0.717, 1.165) is 17.8 Å². The number of imidazole rings is 1. The molecule has 4 aromatic rings. The van der Waals surface area contributed by atoms with Gasteiger partial charge in [0, 0.05) is 16.8 Å². The van der Waals surface area contributed by atoms with Gasteiger partial charge in [-0.2, -0.15) is 13.2 Å². The van der Waals surface area contributed by atoms with Crippen LogP contribution in [-0.4, -0.2) is 15.0 Å². The Morgan fingerprint density at radius 1 is 1.10 bits per heavy atom. The normalized spacial score (nSPS) is 11.8. The van der Waals surface area contributed by atoms with E-state index in [-0.39, 0.29) is 5.82 Å². The molecule has 0 aliphatic heterocycles. The second-order valence-corrected chi connectivity index (χ2v) is 7.69. The number of fused-ring (bicyclic) bond motifs is 1. The minimum absolute atomic E-state index is 0.313. The van der Waals surface area contributed by atoms with E-state index in [2.05, 4.69) is 20.3 Å². The molecule has 0 spiro atoms. The highest BCUT2D eigenvalue weighted by molar-refractivity contribution is 7.98. The molecular weight excluding hydrogens is 416 g/mol. The SMILES string of the molecule is Cc1cccc(Nc2ccc3[nH]c(CSc4ccnc(C(F)(F)F)c4)nc3c2)c1F. The van der Waals surface area contributed by atoms with Crippen molar-refractivity contribution < 1.29 is 17.6 Å². The molecule has 0 aliphatic rings. The quantitative estimate of drug-likeness (QED) is 0.281. The number of nitrogens with one attached hydrogen (secondary N) is 2. The lowest BCUT2D eigenvalue weighted by molar-refractivity contribution is -0.141. The van der Waals surface area contributed by atoms with Crippen molar-refractivity contribution in [2.45, 2.75) is 23.7 Å². The molecule has 2 heterocycles. The summed E-state index contributed by atoms with van der Waals surface area (Å²) in [7, 11) is 0. The molecule has 0 aliphatic carbocycles. The second kappa shape index (κ2) is 7.98. The van der Waals surface area contributed by atoms with Crippen LogP contribution in [0.5, 0.6) is 0 Å². The average molecular weight is 432 g/mol. The van der Waals surface area contributed by atoms with Crippen LogP contribution in [0.4, 0.5) is 28.9 Å². The number of aromatic amines is 1. The minimum atomic E-state index is -4.48. The predicted octanol–water partition coefficient (Wildman–Crippen LogP) is 6.46. The first-order valence-corrected chi connectivity index (χ1v) is 9.95. The summed E-state index contributed by atoms with van der Waals surface area (Å²) in [6.45, 7) is 1.70. The van der Waals surface area contributed by atoms with Crippen molar-refractivity contribution in [2.24, 2.45) is 0 Å². The van der Waals surface area contributed by atoms with Crippen molar-refractivity contribution in [1.29, 1.82) is 0 Å². The average Bonchev–Trinajstić information content (AvgIpc) is 3.12. The van der Waals surface area contributed by atoms with Crippen molar-refractivity contribution >= 4 is 34.2 Å². The maximum Gasteiger partial charge on any atom is 0.433 e. The maximum atomic E-state index is 14.2. The van der Waals surface area contributed by atoms with Gasteiger partial charge in [0.15, 0.2) is 0 Å². The van der Waals surface area contributed by atoms with Gasteiger partial charge in [0.25, 0.3) is 0 Å². The lowest BCUT2D eigenvalue weighted by Crippen LogP contribution is -2.07. The Bertz CT molecular complexity index is 1200. The van der Waals surface area contributed by atoms with E-state index < -0.39 is 11.9 Å². The number of aromatic nitrogens is 3. The van der Waals surface area contributed by atoms with Gasteiger partial charge in [0.1, 0.15) is 17.3 Å². The van der Waals surface area contributed by atoms with Gasteiger partial charge in [-0.05, 0) is 48.9 Å². The lowest BCUT2D eigenvalue weighted by Gasteiger charge is -2.08. The molecule has 0 bridgehead atoms. The summed E-state index contributed by atoms with van der Waals surface area (Å²) in [5.41, 5.74) is 2.14. The number of halogens is 4. The molecule has 0 radical (unpaired) electrons. The number of hydrogen-bond acceptors (Lipinski definition) is 4. The third-order valence-electron chi connectivity index (χ3n) is 4.40. The van der Waals surface area contributed by atoms with Crippen LogP contribution in [0.1, 0.15) is 17.1 Å². The third-order valence-corrected chi connectivity index (χ3v) is 5.41. The van der Waals surface area contributed by atoms with Crippen molar-refractivity contribution in [1.82, 2.24) is 15.0 Å². The van der Waals surface area contributed by atoms with E-state index in [1.807, 2.05) is 6.07 Å². The number of H-pyrrole nitrogens is 1. The van der Waals surface area contributed by atoms with E-state index in [1.165, 1.54) is 17.8 Å². The van der Waals surface area contributed by atoms with Crippen LogP contribution in [0.15, 0.2) is 59.6 Å². The molecule has 0 saturated heterocycles. The summed E-state index contributed by atoms with van der Waals surface area (Å²) >= 11 is 1.23. The van der Waals surface area contributed by atoms with E-state index in [4.69, 9.17) is 0 Å². The fraction of sp³-hybridized carbons (Fsp3) is 0.143. The molecule has 2 aromatic carbocycles. The van der Waals surface area contributed by atoms with Crippen LogP contribution >= 0.6 is 11.8 Å². The van der Waals surface area contributed by atoms with Gasteiger partial charge in [0.05, 0.1) is 22.5 Å². The van der Waals surface area contributed by atoms with Gasteiger partial charge in [-0.1, -0.05) is 12.1 Å². The van der Waals surface area contributed by atoms with Gasteiger partial charge < -0.3 is 10.3 Å². The Labute approximate surface area is 173 Å².